The summed E-state index contributed by atoms with van der Waals surface area (Å²) in [6, 6.07) is 5.25. The van der Waals surface area contributed by atoms with Crippen molar-refractivity contribution in [1.29, 1.82) is 0 Å². The lowest BCUT2D eigenvalue weighted by molar-refractivity contribution is 0.126. The normalized spacial score (nSPS) is 15.2. The first kappa shape index (κ1) is 20.8. The Hall–Kier alpha value is -2.95. The van der Waals surface area contributed by atoms with Gasteiger partial charge in [-0.05, 0) is 37.0 Å². The number of sulfone groups is 1. The molecule has 0 atom stereocenters. The first-order valence-electron chi connectivity index (χ1n) is 9.03. The fraction of sp³-hybridized carbons (Fsp3) is 0.389. The van der Waals surface area contributed by atoms with E-state index in [4.69, 9.17) is 5.11 Å². The van der Waals surface area contributed by atoms with Crippen LogP contribution >= 0.6 is 0 Å². The van der Waals surface area contributed by atoms with Crippen molar-refractivity contribution in [3.63, 3.8) is 0 Å². The number of hydrogen-bond acceptors (Lipinski definition) is 7. The quantitative estimate of drug-likeness (QED) is 0.647. The van der Waals surface area contributed by atoms with Crippen LogP contribution in [-0.2, 0) is 9.84 Å². The zero-order valence-electron chi connectivity index (χ0n) is 15.8. The Morgan fingerprint density at radius 3 is 2.55 bits per heavy atom. The van der Waals surface area contributed by atoms with Gasteiger partial charge in [0.05, 0.1) is 10.6 Å². The third-order valence-corrected chi connectivity index (χ3v) is 5.87. The highest BCUT2D eigenvalue weighted by atomic mass is 32.2. The van der Waals surface area contributed by atoms with Crippen LogP contribution in [-0.4, -0.2) is 60.4 Å². The summed E-state index contributed by atoms with van der Waals surface area (Å²) < 4.78 is 37.2. The van der Waals surface area contributed by atoms with Crippen molar-refractivity contribution in [2.75, 3.05) is 36.5 Å². The maximum Gasteiger partial charge on any atom is 0.407 e. The number of carboxylic acid groups (broad SMARTS) is 1. The lowest BCUT2D eigenvalue weighted by Crippen LogP contribution is -2.39. The van der Waals surface area contributed by atoms with Gasteiger partial charge in [0.1, 0.15) is 23.8 Å². The number of aromatic nitrogens is 2. The van der Waals surface area contributed by atoms with Crippen molar-refractivity contribution in [1.82, 2.24) is 14.9 Å². The van der Waals surface area contributed by atoms with Crippen LogP contribution in [0.15, 0.2) is 35.5 Å². The molecule has 1 fully saturated rings. The molecule has 0 saturated carbocycles. The monoisotopic (exact) mass is 423 g/mol. The Kier molecular flexibility index (Phi) is 6.16. The van der Waals surface area contributed by atoms with Crippen LogP contribution in [0.5, 0.6) is 0 Å². The van der Waals surface area contributed by atoms with Crippen LogP contribution in [0, 0.1) is 11.7 Å². The van der Waals surface area contributed by atoms with Gasteiger partial charge in [-0.1, -0.05) is 0 Å². The van der Waals surface area contributed by atoms with Crippen LogP contribution in [0.25, 0.3) is 0 Å². The van der Waals surface area contributed by atoms with Crippen molar-refractivity contribution in [3.05, 3.63) is 36.4 Å². The average Bonchev–Trinajstić information content (AvgIpc) is 2.68. The number of anilines is 3. The van der Waals surface area contributed by atoms with Gasteiger partial charge >= 0.3 is 6.09 Å². The molecule has 0 bridgehead atoms. The first-order chi connectivity index (χ1) is 13.7. The Bertz CT molecular complexity index is 993. The number of nitrogens with one attached hydrogen (secondary N) is 2. The molecule has 1 aliphatic heterocycles. The largest absolute Gasteiger partial charge is 0.465 e. The highest BCUT2D eigenvalue weighted by Gasteiger charge is 2.22. The molecule has 1 aromatic heterocycles. The van der Waals surface area contributed by atoms with Gasteiger partial charge in [0.15, 0.2) is 9.84 Å². The van der Waals surface area contributed by atoms with E-state index in [1.54, 1.807) is 6.07 Å². The lowest BCUT2D eigenvalue weighted by Gasteiger charge is -2.30. The number of nitrogens with zero attached hydrogens (tertiary/aromatic N) is 3. The van der Waals surface area contributed by atoms with Crippen molar-refractivity contribution >= 4 is 33.3 Å². The zero-order chi connectivity index (χ0) is 21.0. The summed E-state index contributed by atoms with van der Waals surface area (Å²) in [5.41, 5.74) is 0.100. The Labute approximate surface area is 167 Å². The Morgan fingerprint density at radius 1 is 1.24 bits per heavy atom. The predicted octanol–water partition coefficient (Wildman–Crippen LogP) is 2.56. The molecule has 9 nitrogen and oxygen atoms in total. The number of piperidine rings is 1. The molecule has 1 saturated heterocycles. The summed E-state index contributed by atoms with van der Waals surface area (Å²) >= 11 is 0. The molecule has 0 spiro atoms. The van der Waals surface area contributed by atoms with Gasteiger partial charge in [0, 0.05) is 32.0 Å². The van der Waals surface area contributed by atoms with Gasteiger partial charge in [-0.3, -0.25) is 0 Å². The maximum absolute atomic E-state index is 14.2. The summed E-state index contributed by atoms with van der Waals surface area (Å²) in [4.78, 5) is 20.5. The second kappa shape index (κ2) is 8.60. The van der Waals surface area contributed by atoms with Gasteiger partial charge < -0.3 is 20.6 Å². The summed E-state index contributed by atoms with van der Waals surface area (Å²) in [7, 11) is -3.49. The number of rotatable bonds is 6. The second-order valence-electron chi connectivity index (χ2n) is 6.92. The molecule has 1 aliphatic rings. The van der Waals surface area contributed by atoms with Crippen molar-refractivity contribution in [2.24, 2.45) is 5.92 Å². The van der Waals surface area contributed by atoms with Crippen LogP contribution in [0.1, 0.15) is 12.8 Å². The number of benzene rings is 1. The minimum absolute atomic E-state index is 0.0976. The molecule has 3 N–H and O–H groups in total. The van der Waals surface area contributed by atoms with Crippen LogP contribution in [0.4, 0.5) is 26.5 Å². The van der Waals surface area contributed by atoms with Crippen molar-refractivity contribution in [3.8, 4) is 0 Å². The molecule has 3 rings (SSSR count). The molecule has 1 amide bonds. The molecule has 2 aromatic rings. The maximum atomic E-state index is 14.2. The standard InChI is InChI=1S/C18H22FN5O4S/c1-29(27,28)13-2-3-15(14(19)8-13)23-17-9-16(21-11-22-17)20-10-12-4-6-24(7-5-12)18(25)26/h2-3,8-9,11-12H,4-7,10H2,1H3,(H,25,26)(H2,20,21,22,23). The molecule has 11 heteroatoms. The average molecular weight is 423 g/mol. The van der Waals surface area contributed by atoms with E-state index in [0.29, 0.717) is 37.2 Å². The van der Waals surface area contributed by atoms with Gasteiger partial charge in [-0.2, -0.15) is 0 Å². The molecule has 2 heterocycles. The smallest absolute Gasteiger partial charge is 0.407 e. The third-order valence-electron chi connectivity index (χ3n) is 4.76. The Balaban J connectivity index is 1.60. The fourth-order valence-corrected chi connectivity index (χ4v) is 3.70. The van der Waals surface area contributed by atoms with E-state index in [0.717, 1.165) is 25.2 Å². The molecule has 0 aliphatic carbocycles. The van der Waals surface area contributed by atoms with E-state index < -0.39 is 21.7 Å². The van der Waals surface area contributed by atoms with Gasteiger partial charge in [0.2, 0.25) is 0 Å². The van der Waals surface area contributed by atoms with Crippen molar-refractivity contribution in [2.45, 2.75) is 17.7 Å². The fourth-order valence-electron chi connectivity index (χ4n) is 3.07. The Morgan fingerprint density at radius 2 is 1.93 bits per heavy atom. The van der Waals surface area contributed by atoms with E-state index in [1.165, 1.54) is 23.4 Å². The van der Waals surface area contributed by atoms with Gasteiger partial charge in [0.25, 0.3) is 0 Å². The summed E-state index contributed by atoms with van der Waals surface area (Å²) in [6.07, 6.45) is 3.00. The minimum Gasteiger partial charge on any atom is -0.465 e. The number of amides is 1. The lowest BCUT2D eigenvalue weighted by atomic mass is 9.97. The number of hydrogen-bond donors (Lipinski definition) is 3. The summed E-state index contributed by atoms with van der Waals surface area (Å²) in [5, 5.41) is 15.0. The van der Waals surface area contributed by atoms with E-state index in [2.05, 4.69) is 20.6 Å². The molecular weight excluding hydrogens is 401 g/mol. The molecule has 0 unspecified atom stereocenters. The van der Waals surface area contributed by atoms with Crippen LogP contribution < -0.4 is 10.6 Å². The molecule has 1 aromatic carbocycles. The molecule has 156 valence electrons. The molecule has 29 heavy (non-hydrogen) atoms. The van der Waals surface area contributed by atoms with E-state index in [9.17, 15) is 17.6 Å². The van der Waals surface area contributed by atoms with E-state index >= 15 is 0 Å². The van der Waals surface area contributed by atoms with Crippen LogP contribution in [0.2, 0.25) is 0 Å². The van der Waals surface area contributed by atoms with Gasteiger partial charge in [-0.25, -0.2) is 27.6 Å². The number of carbonyl (C=O) groups is 1. The minimum atomic E-state index is -3.49. The first-order valence-corrected chi connectivity index (χ1v) is 10.9. The highest BCUT2D eigenvalue weighted by molar-refractivity contribution is 7.90. The topological polar surface area (TPSA) is 125 Å². The molecule has 0 radical (unpaired) electrons. The number of likely N-dealkylation sites (tertiary alicyclic amines) is 1. The van der Waals surface area contributed by atoms with Crippen LogP contribution in [0.3, 0.4) is 0 Å². The molecular formula is C18H22FN5O4S. The summed E-state index contributed by atoms with van der Waals surface area (Å²) in [5.74, 6) is 0.537. The summed E-state index contributed by atoms with van der Waals surface area (Å²) in [6.45, 7) is 1.67. The number of halogens is 1. The third kappa shape index (κ3) is 5.53. The zero-order valence-corrected chi connectivity index (χ0v) is 16.6. The highest BCUT2D eigenvalue weighted by Crippen LogP contribution is 2.23. The van der Waals surface area contributed by atoms with E-state index in [1.807, 2.05) is 0 Å². The van der Waals surface area contributed by atoms with Crippen molar-refractivity contribution < 1.29 is 22.7 Å². The predicted molar refractivity (Wildman–Crippen MR) is 106 cm³/mol. The van der Waals surface area contributed by atoms with E-state index in [-0.39, 0.29) is 10.6 Å². The van der Waals surface area contributed by atoms with Gasteiger partial charge in [-0.15, -0.1) is 0 Å². The SMILES string of the molecule is CS(=O)(=O)c1ccc(Nc2cc(NCC3CCN(C(=O)O)CC3)ncn2)c(F)c1. The second-order valence-corrected chi connectivity index (χ2v) is 8.94.